The summed E-state index contributed by atoms with van der Waals surface area (Å²) in [6, 6.07) is 11.8. The maximum absolute atomic E-state index is 12.5. The number of aromatic amines is 2. The van der Waals surface area contributed by atoms with Crippen molar-refractivity contribution in [2.45, 2.75) is 20.3 Å². The van der Waals surface area contributed by atoms with Crippen molar-refractivity contribution < 1.29 is 4.79 Å². The minimum absolute atomic E-state index is 0.0181. The number of aryl methyl sites for hydroxylation is 1. The number of nitrogens with zero attached hydrogens (tertiary/aromatic N) is 2. The van der Waals surface area contributed by atoms with Crippen molar-refractivity contribution in [1.82, 2.24) is 20.2 Å². The first-order valence-electron chi connectivity index (χ1n) is 8.64. The highest BCUT2D eigenvalue weighted by molar-refractivity contribution is 5.97. The highest BCUT2D eigenvalue weighted by Gasteiger charge is 2.15. The van der Waals surface area contributed by atoms with Gasteiger partial charge in [-0.05, 0) is 49.2 Å². The zero-order chi connectivity index (χ0) is 19.0. The summed E-state index contributed by atoms with van der Waals surface area (Å²) in [6.45, 7) is 3.81. The Kier molecular flexibility index (Phi) is 4.09. The van der Waals surface area contributed by atoms with Crippen LogP contribution in [0.1, 0.15) is 32.9 Å². The number of ketones is 1. The van der Waals surface area contributed by atoms with Gasteiger partial charge in [0.15, 0.2) is 5.78 Å². The van der Waals surface area contributed by atoms with Crippen LogP contribution in [0.2, 0.25) is 0 Å². The first kappa shape index (κ1) is 16.8. The Morgan fingerprint density at radius 2 is 2.07 bits per heavy atom. The summed E-state index contributed by atoms with van der Waals surface area (Å²) >= 11 is 0. The number of terminal acetylenes is 1. The van der Waals surface area contributed by atoms with Gasteiger partial charge in [-0.15, -0.1) is 6.42 Å². The van der Waals surface area contributed by atoms with Crippen molar-refractivity contribution in [3.63, 3.8) is 0 Å². The second kappa shape index (κ2) is 6.58. The van der Waals surface area contributed by atoms with Gasteiger partial charge in [-0.1, -0.05) is 18.1 Å². The lowest BCUT2D eigenvalue weighted by Crippen LogP contribution is -2.06. The Bertz CT molecular complexity index is 1210. The smallest absolute Gasteiger partial charge is 0.187 e. The number of nitrogens with one attached hydrogen (secondary N) is 2. The first-order valence-corrected chi connectivity index (χ1v) is 8.64. The van der Waals surface area contributed by atoms with Crippen LogP contribution >= 0.6 is 0 Å². The minimum Gasteiger partial charge on any atom is -0.339 e. The van der Waals surface area contributed by atoms with Crippen molar-refractivity contribution in [1.29, 1.82) is 0 Å². The molecule has 0 fully saturated rings. The number of carbonyl (C=O) groups excluding carboxylic acids is 1. The van der Waals surface area contributed by atoms with E-state index in [0.29, 0.717) is 5.69 Å². The van der Waals surface area contributed by atoms with E-state index in [1.165, 1.54) is 0 Å². The molecular formula is C22H18N4O. The number of hydrogen-bond acceptors (Lipinski definition) is 3. The normalized spacial score (nSPS) is 10.9. The Morgan fingerprint density at radius 3 is 2.81 bits per heavy atom. The summed E-state index contributed by atoms with van der Waals surface area (Å²) in [7, 11) is 0. The standard InChI is InChI=1S/C22H18N4O/c1-4-15-6-5-7-17(8-15)19-11-18-9-16(12-23-22(18)24-19)10-20(27)21-13(2)14(3)25-26-21/h1,5-9,11-12H,10H2,2-3H3,(H,23,24)(H,25,26). The Balaban J connectivity index is 1.64. The van der Waals surface area contributed by atoms with Crippen LogP contribution in [0.3, 0.4) is 0 Å². The number of rotatable bonds is 4. The van der Waals surface area contributed by atoms with E-state index in [0.717, 1.165) is 44.7 Å². The lowest BCUT2D eigenvalue weighted by atomic mass is 10.0. The number of carbonyl (C=O) groups is 1. The molecule has 0 amide bonds. The first-order chi connectivity index (χ1) is 13.0. The molecule has 0 saturated heterocycles. The van der Waals surface area contributed by atoms with Crippen molar-refractivity contribution >= 4 is 16.8 Å². The minimum atomic E-state index is -0.0181. The number of Topliss-reactive ketones (excluding diaryl/α,β-unsaturated/α-hetero) is 1. The predicted molar refractivity (Wildman–Crippen MR) is 106 cm³/mol. The van der Waals surface area contributed by atoms with Crippen LogP contribution in [0, 0.1) is 26.2 Å². The van der Waals surface area contributed by atoms with Gasteiger partial charge in [-0.2, -0.15) is 5.10 Å². The molecule has 0 aliphatic rings. The number of aromatic nitrogens is 4. The van der Waals surface area contributed by atoms with Crippen LogP contribution in [0.25, 0.3) is 22.3 Å². The molecule has 0 bridgehead atoms. The van der Waals surface area contributed by atoms with E-state index in [2.05, 4.69) is 26.1 Å². The van der Waals surface area contributed by atoms with Crippen LogP contribution in [0.4, 0.5) is 0 Å². The van der Waals surface area contributed by atoms with E-state index < -0.39 is 0 Å². The van der Waals surface area contributed by atoms with E-state index in [-0.39, 0.29) is 12.2 Å². The molecule has 5 nitrogen and oxygen atoms in total. The maximum Gasteiger partial charge on any atom is 0.187 e. The molecular weight excluding hydrogens is 336 g/mol. The average Bonchev–Trinajstić information content (AvgIpc) is 3.25. The van der Waals surface area contributed by atoms with Gasteiger partial charge in [0.1, 0.15) is 11.3 Å². The molecule has 3 aromatic heterocycles. The van der Waals surface area contributed by atoms with Gasteiger partial charge in [0.25, 0.3) is 0 Å². The van der Waals surface area contributed by atoms with E-state index in [1.807, 2.05) is 50.2 Å². The molecule has 0 saturated carbocycles. The van der Waals surface area contributed by atoms with E-state index >= 15 is 0 Å². The molecule has 0 spiro atoms. The molecule has 5 heteroatoms. The van der Waals surface area contributed by atoms with E-state index in [9.17, 15) is 4.79 Å². The largest absolute Gasteiger partial charge is 0.339 e. The summed E-state index contributed by atoms with van der Waals surface area (Å²) in [5.74, 6) is 2.63. The van der Waals surface area contributed by atoms with E-state index in [1.54, 1.807) is 6.20 Å². The van der Waals surface area contributed by atoms with Crippen LogP contribution < -0.4 is 0 Å². The molecule has 0 aliphatic carbocycles. The van der Waals surface area contributed by atoms with Gasteiger partial charge in [-0.3, -0.25) is 9.89 Å². The molecule has 0 radical (unpaired) electrons. The Labute approximate surface area is 156 Å². The molecule has 0 atom stereocenters. The van der Waals surface area contributed by atoms with Crippen molar-refractivity contribution in [3.8, 4) is 23.6 Å². The third-order valence-corrected chi connectivity index (χ3v) is 4.75. The molecule has 4 aromatic rings. The fraction of sp³-hybridized carbons (Fsp3) is 0.136. The lowest BCUT2D eigenvalue weighted by molar-refractivity contribution is 0.0987. The Morgan fingerprint density at radius 1 is 1.22 bits per heavy atom. The van der Waals surface area contributed by atoms with Crippen LogP contribution in [-0.4, -0.2) is 25.9 Å². The number of pyridine rings is 1. The van der Waals surface area contributed by atoms with Crippen LogP contribution in [-0.2, 0) is 6.42 Å². The molecule has 2 N–H and O–H groups in total. The Hall–Kier alpha value is -3.65. The van der Waals surface area contributed by atoms with Gasteiger partial charge >= 0.3 is 0 Å². The molecule has 27 heavy (non-hydrogen) atoms. The molecule has 4 rings (SSSR count). The number of H-pyrrole nitrogens is 2. The molecule has 0 unspecified atom stereocenters. The van der Waals surface area contributed by atoms with Crippen molar-refractivity contribution in [3.05, 3.63) is 70.7 Å². The summed E-state index contributed by atoms with van der Waals surface area (Å²) in [5.41, 5.74) is 6.71. The lowest BCUT2D eigenvalue weighted by Gasteiger charge is -2.00. The van der Waals surface area contributed by atoms with Gasteiger partial charge in [0, 0.05) is 40.5 Å². The fourth-order valence-corrected chi connectivity index (χ4v) is 3.12. The zero-order valence-corrected chi connectivity index (χ0v) is 15.1. The highest BCUT2D eigenvalue weighted by Crippen LogP contribution is 2.25. The molecule has 132 valence electrons. The zero-order valence-electron chi connectivity index (χ0n) is 15.1. The average molecular weight is 354 g/mol. The number of hydrogen-bond donors (Lipinski definition) is 2. The second-order valence-electron chi connectivity index (χ2n) is 6.61. The van der Waals surface area contributed by atoms with Crippen molar-refractivity contribution in [2.75, 3.05) is 0 Å². The van der Waals surface area contributed by atoms with Gasteiger partial charge in [0.2, 0.25) is 0 Å². The maximum atomic E-state index is 12.5. The van der Waals surface area contributed by atoms with Gasteiger partial charge in [0.05, 0.1) is 0 Å². The number of fused-ring (bicyclic) bond motifs is 1. The second-order valence-corrected chi connectivity index (χ2v) is 6.61. The summed E-state index contributed by atoms with van der Waals surface area (Å²) in [6.07, 6.45) is 7.48. The monoisotopic (exact) mass is 354 g/mol. The highest BCUT2D eigenvalue weighted by atomic mass is 16.1. The molecule has 1 aromatic carbocycles. The SMILES string of the molecule is C#Cc1cccc(-c2cc3cc(CC(=O)c4n[nH]c(C)c4C)cnc3[nH]2)c1. The van der Waals surface area contributed by atoms with E-state index in [4.69, 9.17) is 6.42 Å². The van der Waals surface area contributed by atoms with Crippen LogP contribution in [0.5, 0.6) is 0 Å². The molecule has 3 heterocycles. The van der Waals surface area contributed by atoms with Gasteiger partial charge < -0.3 is 4.98 Å². The fourth-order valence-electron chi connectivity index (χ4n) is 3.12. The summed E-state index contributed by atoms with van der Waals surface area (Å²) < 4.78 is 0. The number of benzene rings is 1. The topological polar surface area (TPSA) is 74.4 Å². The predicted octanol–water partition coefficient (Wildman–Crippen LogP) is 3.98. The quantitative estimate of drug-likeness (QED) is 0.430. The summed E-state index contributed by atoms with van der Waals surface area (Å²) in [4.78, 5) is 20.3. The molecule has 0 aliphatic heterocycles. The summed E-state index contributed by atoms with van der Waals surface area (Å²) in [5, 5.41) is 7.93. The van der Waals surface area contributed by atoms with Crippen molar-refractivity contribution in [2.24, 2.45) is 0 Å². The third-order valence-electron chi connectivity index (χ3n) is 4.75. The third kappa shape index (κ3) is 3.13. The van der Waals surface area contributed by atoms with Crippen LogP contribution in [0.15, 0.2) is 42.6 Å². The van der Waals surface area contributed by atoms with Gasteiger partial charge in [-0.25, -0.2) is 4.98 Å².